The summed E-state index contributed by atoms with van der Waals surface area (Å²) in [6.07, 6.45) is 8.62. The molecule has 1 unspecified atom stereocenters. The fraction of sp³-hybridized carbons (Fsp3) is 0.600. The van der Waals surface area contributed by atoms with Gasteiger partial charge in [-0.2, -0.15) is 0 Å². The maximum atomic E-state index is 6.16. The normalized spacial score (nSPS) is 35.3. The first kappa shape index (κ1) is 14.9. The molecule has 1 heterocycles. The van der Waals surface area contributed by atoms with E-state index in [-0.39, 0.29) is 0 Å². The molecule has 0 spiro atoms. The van der Waals surface area contributed by atoms with E-state index in [4.69, 9.17) is 11.6 Å². The number of aromatic nitrogens is 2. The number of rotatable bonds is 3. The summed E-state index contributed by atoms with van der Waals surface area (Å²) in [5.41, 5.74) is 1.37. The topological polar surface area (TPSA) is 37.8 Å². The van der Waals surface area contributed by atoms with Crippen LogP contribution in [0.3, 0.4) is 0 Å². The van der Waals surface area contributed by atoms with Gasteiger partial charge in [-0.25, -0.2) is 9.97 Å². The molecule has 4 saturated carbocycles. The van der Waals surface area contributed by atoms with Gasteiger partial charge in [0.25, 0.3) is 0 Å². The van der Waals surface area contributed by atoms with E-state index in [9.17, 15) is 0 Å². The second-order valence-corrected chi connectivity index (χ2v) is 8.84. The molecule has 1 aromatic carbocycles. The number of para-hydroxylation sites is 1. The lowest BCUT2D eigenvalue weighted by Gasteiger charge is -2.59. The number of fused-ring (bicyclic) bond motifs is 1. The first-order valence-electron chi connectivity index (χ1n) is 9.30. The van der Waals surface area contributed by atoms with Crippen LogP contribution in [0.15, 0.2) is 24.3 Å². The molecule has 1 atom stereocenters. The second-order valence-electron chi connectivity index (χ2n) is 8.50. The van der Waals surface area contributed by atoms with Gasteiger partial charge >= 0.3 is 0 Å². The van der Waals surface area contributed by atoms with Gasteiger partial charge in [0.1, 0.15) is 5.82 Å². The maximum absolute atomic E-state index is 6.16. The largest absolute Gasteiger partial charge is 0.366 e. The van der Waals surface area contributed by atoms with Crippen LogP contribution >= 0.6 is 11.6 Å². The monoisotopic (exact) mass is 341 g/mol. The quantitative estimate of drug-likeness (QED) is 0.770. The Morgan fingerprint density at radius 3 is 2.33 bits per heavy atom. The lowest BCUT2D eigenvalue weighted by atomic mass is 9.48. The zero-order valence-corrected chi connectivity index (χ0v) is 14.9. The Labute approximate surface area is 148 Å². The summed E-state index contributed by atoms with van der Waals surface area (Å²) in [5.74, 6) is 3.79. The van der Waals surface area contributed by atoms with Crippen LogP contribution in [-0.4, -0.2) is 16.0 Å². The molecule has 0 amide bonds. The molecular weight excluding hydrogens is 318 g/mol. The van der Waals surface area contributed by atoms with Crippen LogP contribution in [0.4, 0.5) is 5.82 Å². The zero-order chi connectivity index (χ0) is 16.3. The van der Waals surface area contributed by atoms with E-state index in [1.165, 1.54) is 38.5 Å². The van der Waals surface area contributed by atoms with Gasteiger partial charge in [0.05, 0.1) is 5.52 Å². The first-order chi connectivity index (χ1) is 11.6. The summed E-state index contributed by atoms with van der Waals surface area (Å²) in [5, 5.41) is 5.14. The van der Waals surface area contributed by atoms with Crippen molar-refractivity contribution in [3.8, 4) is 0 Å². The maximum Gasteiger partial charge on any atom is 0.224 e. The molecule has 1 aromatic heterocycles. The van der Waals surface area contributed by atoms with E-state index < -0.39 is 0 Å². The minimum Gasteiger partial charge on any atom is -0.366 e. The van der Waals surface area contributed by atoms with Gasteiger partial charge in [-0.05, 0) is 92.4 Å². The first-order valence-corrected chi connectivity index (χ1v) is 9.68. The van der Waals surface area contributed by atoms with E-state index in [1.54, 1.807) is 0 Å². The smallest absolute Gasteiger partial charge is 0.224 e. The predicted octanol–water partition coefficient (Wildman–Crippen LogP) is 5.30. The Morgan fingerprint density at radius 2 is 1.67 bits per heavy atom. The number of anilines is 1. The van der Waals surface area contributed by atoms with Crippen molar-refractivity contribution < 1.29 is 0 Å². The highest BCUT2D eigenvalue weighted by atomic mass is 35.5. The molecule has 0 saturated heterocycles. The van der Waals surface area contributed by atoms with Gasteiger partial charge in [0.2, 0.25) is 5.28 Å². The molecule has 4 bridgehead atoms. The second kappa shape index (κ2) is 5.32. The fourth-order valence-electron chi connectivity index (χ4n) is 6.22. The van der Waals surface area contributed by atoms with Crippen molar-refractivity contribution in [2.24, 2.45) is 23.2 Å². The van der Waals surface area contributed by atoms with Crippen LogP contribution in [0.2, 0.25) is 5.28 Å². The molecular formula is C20H24ClN3. The Balaban J connectivity index is 1.48. The van der Waals surface area contributed by atoms with Crippen molar-refractivity contribution in [2.45, 2.75) is 51.5 Å². The molecule has 4 fully saturated rings. The third-order valence-corrected chi connectivity index (χ3v) is 7.10. The number of nitrogens with one attached hydrogen (secondary N) is 1. The van der Waals surface area contributed by atoms with Crippen molar-refractivity contribution in [3.63, 3.8) is 0 Å². The lowest BCUT2D eigenvalue weighted by molar-refractivity contribution is -0.0602. The van der Waals surface area contributed by atoms with Crippen molar-refractivity contribution in [1.29, 1.82) is 0 Å². The van der Waals surface area contributed by atoms with E-state index in [0.29, 0.717) is 16.7 Å². The van der Waals surface area contributed by atoms with E-state index in [0.717, 1.165) is 34.5 Å². The summed E-state index contributed by atoms with van der Waals surface area (Å²) in [4.78, 5) is 8.86. The number of benzene rings is 1. The summed E-state index contributed by atoms with van der Waals surface area (Å²) in [7, 11) is 0. The highest BCUT2D eigenvalue weighted by molar-refractivity contribution is 6.28. The predicted molar refractivity (Wildman–Crippen MR) is 98.2 cm³/mol. The Morgan fingerprint density at radius 1 is 1.04 bits per heavy atom. The molecule has 1 N–H and O–H groups in total. The number of halogens is 1. The average molecular weight is 342 g/mol. The van der Waals surface area contributed by atoms with Gasteiger partial charge in [0, 0.05) is 11.4 Å². The van der Waals surface area contributed by atoms with E-state index in [1.807, 2.05) is 18.2 Å². The molecule has 4 heteroatoms. The minimum absolute atomic E-state index is 0.328. The van der Waals surface area contributed by atoms with Gasteiger partial charge in [0.15, 0.2) is 0 Å². The van der Waals surface area contributed by atoms with Crippen LogP contribution < -0.4 is 5.32 Å². The lowest BCUT2D eigenvalue weighted by Crippen LogP contribution is -2.53. The third-order valence-electron chi connectivity index (χ3n) is 6.93. The molecule has 2 aromatic rings. The molecule has 4 aliphatic carbocycles. The number of nitrogens with zero attached hydrogens (tertiary/aromatic N) is 2. The summed E-state index contributed by atoms with van der Waals surface area (Å²) in [6, 6.07) is 8.56. The van der Waals surface area contributed by atoms with Crippen LogP contribution in [0, 0.1) is 23.2 Å². The fourth-order valence-corrected chi connectivity index (χ4v) is 6.40. The van der Waals surface area contributed by atoms with Crippen LogP contribution in [0.25, 0.3) is 10.9 Å². The third kappa shape index (κ3) is 2.32. The zero-order valence-electron chi connectivity index (χ0n) is 14.1. The van der Waals surface area contributed by atoms with Crippen molar-refractivity contribution in [2.75, 3.05) is 5.32 Å². The molecule has 0 radical (unpaired) electrons. The Kier molecular flexibility index (Phi) is 3.31. The summed E-state index contributed by atoms with van der Waals surface area (Å²) >= 11 is 6.16. The van der Waals surface area contributed by atoms with E-state index in [2.05, 4.69) is 28.3 Å². The highest BCUT2D eigenvalue weighted by Gasteiger charge is 2.53. The Hall–Kier alpha value is -1.35. The molecule has 24 heavy (non-hydrogen) atoms. The van der Waals surface area contributed by atoms with Gasteiger partial charge in [-0.1, -0.05) is 12.1 Å². The molecule has 126 valence electrons. The molecule has 3 nitrogen and oxygen atoms in total. The number of hydrogen-bond donors (Lipinski definition) is 1. The van der Waals surface area contributed by atoms with Gasteiger partial charge in [-0.3, -0.25) is 0 Å². The molecule has 0 aliphatic heterocycles. The standard InChI is InChI=1S/C20H24ClN3/c1-12(20-9-13-6-14(10-20)8-15(7-13)11-20)22-18-16-4-2-3-5-17(16)23-19(21)24-18/h2-5,12-15H,6-11H2,1H3,(H,22,23,24). The van der Waals surface area contributed by atoms with Crippen LogP contribution in [-0.2, 0) is 0 Å². The summed E-state index contributed by atoms with van der Waals surface area (Å²) < 4.78 is 0. The number of hydrogen-bond acceptors (Lipinski definition) is 3. The van der Waals surface area contributed by atoms with Crippen molar-refractivity contribution >= 4 is 28.3 Å². The Bertz CT molecular complexity index is 752. The SMILES string of the molecule is CC(Nc1nc(Cl)nc2ccccc12)C12CC3CC(CC(C3)C1)C2. The van der Waals surface area contributed by atoms with Crippen molar-refractivity contribution in [1.82, 2.24) is 9.97 Å². The molecule has 6 rings (SSSR count). The van der Waals surface area contributed by atoms with Crippen LogP contribution in [0.5, 0.6) is 0 Å². The van der Waals surface area contributed by atoms with Gasteiger partial charge in [-0.15, -0.1) is 0 Å². The average Bonchev–Trinajstić information content (AvgIpc) is 2.53. The van der Waals surface area contributed by atoms with Gasteiger partial charge < -0.3 is 5.32 Å². The van der Waals surface area contributed by atoms with Crippen LogP contribution in [0.1, 0.15) is 45.4 Å². The summed E-state index contributed by atoms with van der Waals surface area (Å²) in [6.45, 7) is 2.36. The highest BCUT2D eigenvalue weighted by Crippen LogP contribution is 2.61. The van der Waals surface area contributed by atoms with E-state index >= 15 is 0 Å². The van der Waals surface area contributed by atoms with Crippen molar-refractivity contribution in [3.05, 3.63) is 29.5 Å². The molecule has 4 aliphatic rings. The minimum atomic E-state index is 0.328.